The van der Waals surface area contributed by atoms with Crippen LogP contribution in [0, 0.1) is 24.2 Å². The van der Waals surface area contributed by atoms with Crippen LogP contribution in [0.5, 0.6) is 0 Å². The van der Waals surface area contributed by atoms with Crippen LogP contribution in [0.1, 0.15) is 46.0 Å². The highest BCUT2D eigenvalue weighted by atomic mass is 32.1. The number of rotatable bonds is 3. The van der Waals surface area contributed by atoms with E-state index in [1.165, 1.54) is 16.2 Å². The van der Waals surface area contributed by atoms with Crippen molar-refractivity contribution in [1.82, 2.24) is 0 Å². The highest BCUT2D eigenvalue weighted by Crippen LogP contribution is 2.50. The van der Waals surface area contributed by atoms with Crippen molar-refractivity contribution in [2.24, 2.45) is 5.92 Å². The molecule has 7 heteroatoms. The van der Waals surface area contributed by atoms with Gasteiger partial charge in [0.2, 0.25) is 5.91 Å². The summed E-state index contributed by atoms with van der Waals surface area (Å²) in [6, 6.07) is 19.4. The molecule has 2 aromatic carbocycles. The SMILES string of the molecule is Cc1ccc([C@@H]2[C@H]3C(=O)N(c4sc5c(c4C#N)CCCC5)C(=O)[C@H]3ON2c2ccccc2)cc1. The molecule has 0 saturated carbocycles. The van der Waals surface area contributed by atoms with Crippen LogP contribution in [0.2, 0.25) is 0 Å². The van der Waals surface area contributed by atoms with Crippen LogP contribution in [0.3, 0.4) is 0 Å². The number of thiophene rings is 1. The standard InChI is InChI=1S/C27H23N3O3S/c1-16-11-13-17(14-12-16)23-22-24(33-30(23)18-7-3-2-4-8-18)26(32)29(25(22)31)27-20(15-28)19-9-5-6-10-21(19)34-27/h2-4,7-8,11-14,22-24H,5-6,9-10H2,1H3/t22-,23-,24+/m1/s1. The van der Waals surface area contributed by atoms with E-state index in [-0.39, 0.29) is 11.8 Å². The van der Waals surface area contributed by atoms with Crippen molar-refractivity contribution in [1.29, 1.82) is 5.26 Å². The Bertz CT molecular complexity index is 1330. The number of aryl methyl sites for hydroxylation is 2. The Morgan fingerprint density at radius 3 is 2.47 bits per heavy atom. The second-order valence-electron chi connectivity index (χ2n) is 9.08. The van der Waals surface area contributed by atoms with E-state index in [9.17, 15) is 14.9 Å². The fourth-order valence-corrected chi connectivity index (χ4v) is 6.69. The van der Waals surface area contributed by atoms with Crippen molar-refractivity contribution >= 4 is 33.8 Å². The Morgan fingerprint density at radius 1 is 1.00 bits per heavy atom. The zero-order valence-electron chi connectivity index (χ0n) is 18.7. The summed E-state index contributed by atoms with van der Waals surface area (Å²) in [6.07, 6.45) is 2.87. The lowest BCUT2D eigenvalue weighted by Gasteiger charge is -2.28. The Balaban J connectivity index is 1.44. The van der Waals surface area contributed by atoms with Gasteiger partial charge in [-0.05, 0) is 55.9 Å². The van der Waals surface area contributed by atoms with Crippen molar-refractivity contribution in [2.45, 2.75) is 44.8 Å². The summed E-state index contributed by atoms with van der Waals surface area (Å²) in [4.78, 5) is 36.1. The molecule has 6 rings (SSSR count). The number of hydroxylamine groups is 1. The van der Waals surface area contributed by atoms with Gasteiger partial charge in [-0.2, -0.15) is 5.26 Å². The number of hydrogen-bond donors (Lipinski definition) is 0. The van der Waals surface area contributed by atoms with Gasteiger partial charge in [0.05, 0.1) is 17.3 Å². The fourth-order valence-electron chi connectivity index (χ4n) is 5.34. The zero-order valence-corrected chi connectivity index (χ0v) is 19.5. The molecule has 3 aromatic rings. The first kappa shape index (κ1) is 21.1. The molecule has 0 N–H and O–H groups in total. The third kappa shape index (κ3) is 3.10. The molecule has 2 aliphatic heterocycles. The normalized spacial score (nSPS) is 23.7. The molecule has 3 atom stereocenters. The minimum atomic E-state index is -0.926. The number of benzene rings is 2. The summed E-state index contributed by atoms with van der Waals surface area (Å²) in [5.74, 6) is -1.38. The number of carbonyl (C=O) groups is 2. The summed E-state index contributed by atoms with van der Waals surface area (Å²) in [5, 5.41) is 12.1. The maximum absolute atomic E-state index is 13.9. The summed E-state index contributed by atoms with van der Waals surface area (Å²) in [5.41, 5.74) is 4.31. The van der Waals surface area contributed by atoms with Gasteiger partial charge in [-0.15, -0.1) is 11.3 Å². The Hall–Kier alpha value is -3.47. The summed E-state index contributed by atoms with van der Waals surface area (Å²) >= 11 is 1.42. The Labute approximate surface area is 201 Å². The highest BCUT2D eigenvalue weighted by Gasteiger charge is 2.61. The molecule has 34 heavy (non-hydrogen) atoms. The molecule has 2 amide bonds. The number of amides is 2. The van der Waals surface area contributed by atoms with Crippen molar-refractivity contribution in [3.63, 3.8) is 0 Å². The van der Waals surface area contributed by atoms with Gasteiger partial charge in [-0.1, -0.05) is 48.0 Å². The molecule has 1 aliphatic carbocycles. The summed E-state index contributed by atoms with van der Waals surface area (Å²) in [7, 11) is 0. The van der Waals surface area contributed by atoms with Gasteiger partial charge >= 0.3 is 0 Å². The van der Waals surface area contributed by atoms with Gasteiger partial charge in [-0.3, -0.25) is 14.4 Å². The van der Waals surface area contributed by atoms with E-state index < -0.39 is 18.1 Å². The number of nitriles is 1. The van der Waals surface area contributed by atoms with Crippen molar-refractivity contribution in [3.8, 4) is 6.07 Å². The van der Waals surface area contributed by atoms with E-state index in [0.29, 0.717) is 10.6 Å². The van der Waals surface area contributed by atoms with Crippen molar-refractivity contribution in [2.75, 3.05) is 9.96 Å². The van der Waals surface area contributed by atoms with E-state index in [2.05, 4.69) is 6.07 Å². The van der Waals surface area contributed by atoms with Gasteiger partial charge in [-0.25, -0.2) is 9.96 Å². The molecule has 0 spiro atoms. The predicted molar refractivity (Wildman–Crippen MR) is 129 cm³/mol. The average Bonchev–Trinajstić information content (AvgIpc) is 3.50. The molecular formula is C27H23N3O3S. The van der Waals surface area contributed by atoms with E-state index in [0.717, 1.165) is 52.9 Å². The third-order valence-corrected chi connectivity index (χ3v) is 8.29. The fraction of sp³-hybridized carbons (Fsp3) is 0.296. The maximum Gasteiger partial charge on any atom is 0.267 e. The predicted octanol–water partition coefficient (Wildman–Crippen LogP) is 4.86. The number of carbonyl (C=O) groups excluding carboxylic acids is 2. The second kappa shape index (κ2) is 8.08. The minimum Gasteiger partial charge on any atom is -0.273 e. The largest absolute Gasteiger partial charge is 0.273 e. The number of fused-ring (bicyclic) bond motifs is 2. The number of imide groups is 1. The monoisotopic (exact) mass is 469 g/mol. The van der Waals surface area contributed by atoms with Gasteiger partial charge < -0.3 is 0 Å². The average molecular weight is 470 g/mol. The molecule has 170 valence electrons. The van der Waals surface area contributed by atoms with Gasteiger partial charge in [0, 0.05) is 4.88 Å². The third-order valence-electron chi connectivity index (χ3n) is 7.01. The van der Waals surface area contributed by atoms with E-state index in [1.54, 1.807) is 5.06 Å². The zero-order chi connectivity index (χ0) is 23.4. The molecule has 1 aromatic heterocycles. The van der Waals surface area contributed by atoms with E-state index >= 15 is 0 Å². The van der Waals surface area contributed by atoms with Gasteiger partial charge in [0.15, 0.2) is 6.10 Å². The van der Waals surface area contributed by atoms with Crippen LogP contribution in [-0.2, 0) is 27.3 Å². The molecular weight excluding hydrogens is 446 g/mol. The molecule has 0 bridgehead atoms. The van der Waals surface area contributed by atoms with Crippen molar-refractivity contribution < 1.29 is 14.4 Å². The van der Waals surface area contributed by atoms with Crippen LogP contribution >= 0.6 is 11.3 Å². The lowest BCUT2D eigenvalue weighted by atomic mass is 9.90. The highest BCUT2D eigenvalue weighted by molar-refractivity contribution is 7.17. The Kier molecular flexibility index (Phi) is 5.01. The van der Waals surface area contributed by atoms with Crippen LogP contribution in [0.4, 0.5) is 10.7 Å². The molecule has 2 saturated heterocycles. The first-order chi connectivity index (χ1) is 16.6. The summed E-state index contributed by atoms with van der Waals surface area (Å²) in [6.45, 7) is 2.01. The van der Waals surface area contributed by atoms with Crippen LogP contribution in [0.25, 0.3) is 0 Å². The van der Waals surface area contributed by atoms with Crippen LogP contribution in [0.15, 0.2) is 54.6 Å². The van der Waals surface area contributed by atoms with E-state index in [4.69, 9.17) is 4.84 Å². The lowest BCUT2D eigenvalue weighted by molar-refractivity contribution is -0.126. The number of anilines is 2. The first-order valence-electron chi connectivity index (χ1n) is 11.6. The quantitative estimate of drug-likeness (QED) is 0.512. The first-order valence-corrected chi connectivity index (χ1v) is 12.4. The topological polar surface area (TPSA) is 73.6 Å². The van der Waals surface area contributed by atoms with Crippen molar-refractivity contribution in [3.05, 3.63) is 81.7 Å². The second-order valence-corrected chi connectivity index (χ2v) is 10.2. The molecule has 0 radical (unpaired) electrons. The molecule has 6 nitrogen and oxygen atoms in total. The molecule has 2 fully saturated rings. The smallest absolute Gasteiger partial charge is 0.267 e. The van der Waals surface area contributed by atoms with Crippen LogP contribution < -0.4 is 9.96 Å². The number of nitrogens with zero attached hydrogens (tertiary/aromatic N) is 3. The lowest BCUT2D eigenvalue weighted by Crippen LogP contribution is -2.37. The number of hydrogen-bond acceptors (Lipinski definition) is 6. The molecule has 3 aliphatic rings. The number of para-hydroxylation sites is 1. The maximum atomic E-state index is 13.9. The Morgan fingerprint density at radius 2 is 1.74 bits per heavy atom. The minimum absolute atomic E-state index is 0.297. The van der Waals surface area contributed by atoms with Gasteiger partial charge in [0.1, 0.15) is 17.0 Å². The molecule has 0 unspecified atom stereocenters. The summed E-state index contributed by atoms with van der Waals surface area (Å²) < 4.78 is 0. The van der Waals surface area contributed by atoms with Gasteiger partial charge in [0.25, 0.3) is 5.91 Å². The molecule has 3 heterocycles. The van der Waals surface area contributed by atoms with E-state index in [1.807, 2.05) is 61.5 Å². The van der Waals surface area contributed by atoms with Crippen LogP contribution in [-0.4, -0.2) is 17.9 Å².